The topological polar surface area (TPSA) is 38.3 Å². The van der Waals surface area contributed by atoms with Crippen LogP contribution in [-0.2, 0) is 11.2 Å². The molecule has 2 aromatic carbocycles. The molecule has 0 spiro atoms. The van der Waals surface area contributed by atoms with Gasteiger partial charge in [-0.1, -0.05) is 45.7 Å². The first-order valence-electron chi connectivity index (χ1n) is 6.14. The van der Waals surface area contributed by atoms with E-state index in [0.29, 0.717) is 17.1 Å². The van der Waals surface area contributed by atoms with Crippen molar-refractivity contribution in [2.75, 3.05) is 5.32 Å². The fourth-order valence-corrected chi connectivity index (χ4v) is 2.85. The zero-order valence-electron chi connectivity index (χ0n) is 10.4. The minimum atomic E-state index is -0.507. The van der Waals surface area contributed by atoms with Gasteiger partial charge >= 0.3 is 0 Å². The second kappa shape index (κ2) is 5.46. The predicted octanol–water partition coefficient (Wildman–Crippen LogP) is 4.04. The van der Waals surface area contributed by atoms with Gasteiger partial charge in [0, 0.05) is 10.9 Å². The minimum Gasteiger partial charge on any atom is -0.480 e. The Morgan fingerprint density at radius 1 is 1.30 bits per heavy atom. The summed E-state index contributed by atoms with van der Waals surface area (Å²) in [6.45, 7) is 0. The number of ether oxygens (including phenoxy) is 1. The molecule has 2 aromatic rings. The molecule has 0 bridgehead atoms. The molecule has 0 radical (unpaired) electrons. The number of hydrogen-bond acceptors (Lipinski definition) is 2. The van der Waals surface area contributed by atoms with Crippen molar-refractivity contribution in [3.05, 3.63) is 57.5 Å². The van der Waals surface area contributed by atoms with Gasteiger partial charge in [-0.15, -0.1) is 0 Å². The van der Waals surface area contributed by atoms with Crippen molar-refractivity contribution in [1.82, 2.24) is 0 Å². The summed E-state index contributed by atoms with van der Waals surface area (Å²) in [6, 6.07) is 13.0. The van der Waals surface area contributed by atoms with Crippen LogP contribution in [0, 0.1) is 0 Å². The van der Waals surface area contributed by atoms with E-state index in [1.165, 1.54) is 0 Å². The van der Waals surface area contributed by atoms with Crippen molar-refractivity contribution >= 4 is 39.1 Å². The summed E-state index contributed by atoms with van der Waals surface area (Å²) in [6.07, 6.45) is 0.0722. The lowest BCUT2D eigenvalue weighted by atomic mass is 10.1. The lowest BCUT2D eigenvalue weighted by Crippen LogP contribution is -2.31. The Balaban J connectivity index is 1.72. The highest BCUT2D eigenvalue weighted by Gasteiger charge is 2.29. The second-order valence-corrected chi connectivity index (χ2v) is 5.85. The molecule has 1 aliphatic heterocycles. The van der Waals surface area contributed by atoms with Crippen molar-refractivity contribution in [3.8, 4) is 5.75 Å². The van der Waals surface area contributed by atoms with E-state index in [1.54, 1.807) is 12.1 Å². The van der Waals surface area contributed by atoms with Crippen molar-refractivity contribution in [2.24, 2.45) is 0 Å². The maximum atomic E-state index is 12.2. The summed E-state index contributed by atoms with van der Waals surface area (Å²) >= 11 is 9.41. The Morgan fingerprint density at radius 2 is 2.10 bits per heavy atom. The summed E-state index contributed by atoms with van der Waals surface area (Å²) in [5, 5.41) is 3.29. The summed E-state index contributed by atoms with van der Waals surface area (Å²) in [5.74, 6) is 0.583. The quantitative estimate of drug-likeness (QED) is 0.885. The van der Waals surface area contributed by atoms with Crippen molar-refractivity contribution in [1.29, 1.82) is 0 Å². The van der Waals surface area contributed by atoms with Crippen LogP contribution in [0.3, 0.4) is 0 Å². The molecule has 5 heteroatoms. The number of para-hydroxylation sites is 1. The largest absolute Gasteiger partial charge is 0.480 e. The third kappa shape index (κ3) is 2.67. The third-order valence-electron chi connectivity index (χ3n) is 3.13. The molecule has 1 unspecified atom stereocenters. The average Bonchev–Trinajstić information content (AvgIpc) is 2.86. The van der Waals surface area contributed by atoms with Crippen LogP contribution < -0.4 is 10.1 Å². The minimum absolute atomic E-state index is 0.189. The van der Waals surface area contributed by atoms with E-state index in [0.717, 1.165) is 15.8 Å². The van der Waals surface area contributed by atoms with E-state index >= 15 is 0 Å². The van der Waals surface area contributed by atoms with Gasteiger partial charge in [0.25, 0.3) is 5.91 Å². The molecule has 0 saturated heterocycles. The Hall–Kier alpha value is -1.52. The molecular formula is C15H11BrClNO2. The maximum Gasteiger partial charge on any atom is 0.265 e. The van der Waals surface area contributed by atoms with E-state index in [2.05, 4.69) is 21.2 Å². The van der Waals surface area contributed by atoms with E-state index in [4.69, 9.17) is 16.3 Å². The molecule has 1 aliphatic rings. The molecule has 20 heavy (non-hydrogen) atoms. The fraction of sp³-hybridized carbons (Fsp3) is 0.133. The molecule has 102 valence electrons. The third-order valence-corrected chi connectivity index (χ3v) is 3.93. The van der Waals surface area contributed by atoms with Gasteiger partial charge in [-0.05, 0) is 29.8 Å². The lowest BCUT2D eigenvalue weighted by Gasteiger charge is -2.12. The van der Waals surface area contributed by atoms with Crippen molar-refractivity contribution < 1.29 is 9.53 Å². The van der Waals surface area contributed by atoms with Gasteiger partial charge in [-0.2, -0.15) is 0 Å². The number of carbonyl (C=O) groups excluding carboxylic acids is 1. The molecular weight excluding hydrogens is 342 g/mol. The zero-order chi connectivity index (χ0) is 14.1. The highest BCUT2D eigenvalue weighted by molar-refractivity contribution is 9.10. The summed E-state index contributed by atoms with van der Waals surface area (Å²) in [7, 11) is 0. The highest BCUT2D eigenvalue weighted by Crippen LogP contribution is 2.30. The Labute approximate surface area is 130 Å². The van der Waals surface area contributed by atoms with Crippen LogP contribution in [0.25, 0.3) is 0 Å². The van der Waals surface area contributed by atoms with Gasteiger partial charge in [0.15, 0.2) is 6.10 Å². The first-order valence-corrected chi connectivity index (χ1v) is 7.31. The molecule has 0 aliphatic carbocycles. The van der Waals surface area contributed by atoms with E-state index in [1.807, 2.05) is 30.3 Å². The van der Waals surface area contributed by atoms with Crippen molar-refractivity contribution in [3.63, 3.8) is 0 Å². The number of nitrogens with one attached hydrogen (secondary N) is 1. The molecule has 0 aromatic heterocycles. The molecule has 0 saturated carbocycles. The summed E-state index contributed by atoms with van der Waals surface area (Å²) < 4.78 is 6.51. The second-order valence-electron chi connectivity index (χ2n) is 4.53. The monoisotopic (exact) mass is 351 g/mol. The Kier molecular flexibility index (Phi) is 3.68. The van der Waals surface area contributed by atoms with Crippen LogP contribution in [0.15, 0.2) is 46.9 Å². The first-order chi connectivity index (χ1) is 9.63. The number of anilines is 1. The predicted molar refractivity (Wildman–Crippen MR) is 82.3 cm³/mol. The number of hydrogen-bond donors (Lipinski definition) is 1. The Bertz CT molecular complexity index is 650. The normalized spacial score (nSPS) is 16.4. The van der Waals surface area contributed by atoms with E-state index < -0.39 is 6.10 Å². The molecule has 1 heterocycles. The van der Waals surface area contributed by atoms with Gasteiger partial charge in [0.1, 0.15) is 5.75 Å². The summed E-state index contributed by atoms with van der Waals surface area (Å²) in [5.41, 5.74) is 1.63. The molecule has 1 amide bonds. The molecule has 1 atom stereocenters. The number of halogens is 2. The molecule has 1 N–H and O–H groups in total. The average molecular weight is 353 g/mol. The zero-order valence-corrected chi connectivity index (χ0v) is 12.7. The van der Waals surface area contributed by atoms with E-state index in [9.17, 15) is 4.79 Å². The molecule has 3 rings (SSSR count). The number of amides is 1. The van der Waals surface area contributed by atoms with Crippen LogP contribution in [0.1, 0.15) is 5.56 Å². The SMILES string of the molecule is O=C(Nc1ccc(Br)cc1Cl)C1Cc2ccccc2O1. The number of fused-ring (bicyclic) bond motifs is 1. The van der Waals surface area contributed by atoms with Crippen LogP contribution in [0.5, 0.6) is 5.75 Å². The Morgan fingerprint density at radius 3 is 2.85 bits per heavy atom. The van der Waals surface area contributed by atoms with Gasteiger partial charge in [0.05, 0.1) is 10.7 Å². The summed E-state index contributed by atoms with van der Waals surface area (Å²) in [4.78, 5) is 12.2. The van der Waals surface area contributed by atoms with Crippen LogP contribution >= 0.6 is 27.5 Å². The maximum absolute atomic E-state index is 12.2. The van der Waals surface area contributed by atoms with Gasteiger partial charge < -0.3 is 10.1 Å². The standard InChI is InChI=1S/C15H11BrClNO2/c16-10-5-6-12(11(17)8-10)18-15(19)14-7-9-3-1-2-4-13(9)20-14/h1-6,8,14H,7H2,(H,18,19). The first kappa shape index (κ1) is 13.5. The van der Waals surface area contributed by atoms with Gasteiger partial charge in [-0.25, -0.2) is 0 Å². The smallest absolute Gasteiger partial charge is 0.265 e. The number of carbonyl (C=O) groups is 1. The number of rotatable bonds is 2. The van der Waals surface area contributed by atoms with Crippen molar-refractivity contribution in [2.45, 2.75) is 12.5 Å². The van der Waals surface area contributed by atoms with Crippen LogP contribution in [0.4, 0.5) is 5.69 Å². The van der Waals surface area contributed by atoms with E-state index in [-0.39, 0.29) is 5.91 Å². The lowest BCUT2D eigenvalue weighted by molar-refractivity contribution is -0.122. The number of benzene rings is 2. The van der Waals surface area contributed by atoms with Crippen LogP contribution in [0.2, 0.25) is 5.02 Å². The van der Waals surface area contributed by atoms with Gasteiger partial charge in [-0.3, -0.25) is 4.79 Å². The highest BCUT2D eigenvalue weighted by atomic mass is 79.9. The van der Waals surface area contributed by atoms with Gasteiger partial charge in [0.2, 0.25) is 0 Å². The fourth-order valence-electron chi connectivity index (χ4n) is 2.13. The van der Waals surface area contributed by atoms with Crippen LogP contribution in [-0.4, -0.2) is 12.0 Å². The molecule has 0 fully saturated rings. The molecule has 3 nitrogen and oxygen atoms in total.